The first-order chi connectivity index (χ1) is 6.59. The fraction of sp³-hybridized carbons (Fsp3) is 0.250. The second kappa shape index (κ2) is 3.35. The topological polar surface area (TPSA) is 12.9 Å². The van der Waals surface area contributed by atoms with Crippen LogP contribution in [-0.4, -0.2) is 4.98 Å². The predicted octanol–water partition coefficient (Wildman–Crippen LogP) is 3.92. The molecule has 0 saturated heterocycles. The minimum absolute atomic E-state index is 1.06. The molecule has 1 aromatic carbocycles. The first kappa shape index (κ1) is 9.66. The van der Waals surface area contributed by atoms with E-state index in [0.29, 0.717) is 0 Å². The Labute approximate surface area is 92.3 Å². The summed E-state index contributed by atoms with van der Waals surface area (Å²) in [7, 11) is 0. The van der Waals surface area contributed by atoms with Crippen LogP contribution in [0.4, 0.5) is 0 Å². The van der Waals surface area contributed by atoms with Gasteiger partial charge in [-0.1, -0.05) is 6.07 Å². The maximum absolute atomic E-state index is 4.53. The van der Waals surface area contributed by atoms with Crippen LogP contribution in [0.3, 0.4) is 0 Å². The fourth-order valence-corrected chi connectivity index (χ4v) is 2.27. The van der Waals surface area contributed by atoms with Crippen molar-refractivity contribution in [2.24, 2.45) is 0 Å². The lowest BCUT2D eigenvalue weighted by Crippen LogP contribution is -1.89. The van der Waals surface area contributed by atoms with Gasteiger partial charge in [-0.25, -0.2) is 0 Å². The van der Waals surface area contributed by atoms with Crippen LogP contribution in [-0.2, 0) is 0 Å². The molecule has 14 heavy (non-hydrogen) atoms. The Hall–Kier alpha value is -0.890. The molecule has 0 aliphatic heterocycles. The first-order valence-corrected chi connectivity index (χ1v) is 5.42. The third-order valence-corrected chi connectivity index (χ3v) is 3.20. The van der Waals surface area contributed by atoms with Crippen molar-refractivity contribution in [2.75, 3.05) is 0 Å². The quantitative estimate of drug-likeness (QED) is 0.690. The van der Waals surface area contributed by atoms with E-state index in [2.05, 4.69) is 53.0 Å². The number of hydrogen-bond acceptors (Lipinski definition) is 1. The van der Waals surface area contributed by atoms with Gasteiger partial charge in [-0.3, -0.25) is 4.98 Å². The molecule has 2 heteroatoms. The summed E-state index contributed by atoms with van der Waals surface area (Å²) in [6, 6.07) is 6.33. The van der Waals surface area contributed by atoms with Crippen molar-refractivity contribution in [1.29, 1.82) is 0 Å². The maximum atomic E-state index is 4.53. The van der Waals surface area contributed by atoms with Crippen molar-refractivity contribution in [1.82, 2.24) is 4.98 Å². The van der Waals surface area contributed by atoms with E-state index in [0.717, 1.165) is 15.7 Å². The average molecular weight is 250 g/mol. The highest BCUT2D eigenvalue weighted by Gasteiger charge is 2.05. The van der Waals surface area contributed by atoms with Crippen LogP contribution in [0.1, 0.15) is 16.8 Å². The summed E-state index contributed by atoms with van der Waals surface area (Å²) in [6.07, 6.45) is 0. The Morgan fingerprint density at radius 1 is 1.14 bits per heavy atom. The molecule has 0 atom stereocenters. The van der Waals surface area contributed by atoms with Crippen LogP contribution in [0.25, 0.3) is 10.9 Å². The maximum Gasteiger partial charge on any atom is 0.0849 e. The van der Waals surface area contributed by atoms with Crippen LogP contribution < -0.4 is 0 Å². The van der Waals surface area contributed by atoms with Gasteiger partial charge in [0.15, 0.2) is 0 Å². The van der Waals surface area contributed by atoms with Crippen molar-refractivity contribution in [3.05, 3.63) is 39.5 Å². The summed E-state index contributed by atoms with van der Waals surface area (Å²) in [5.41, 5.74) is 4.74. The first-order valence-electron chi connectivity index (χ1n) is 4.62. The zero-order valence-electron chi connectivity index (χ0n) is 8.56. The van der Waals surface area contributed by atoms with Crippen molar-refractivity contribution in [2.45, 2.75) is 20.8 Å². The highest BCUT2D eigenvalue weighted by molar-refractivity contribution is 9.10. The molecule has 0 saturated carbocycles. The molecule has 2 aromatic rings. The van der Waals surface area contributed by atoms with Crippen LogP contribution in [0.5, 0.6) is 0 Å². The van der Waals surface area contributed by atoms with E-state index in [1.54, 1.807) is 0 Å². The van der Waals surface area contributed by atoms with E-state index in [-0.39, 0.29) is 0 Å². The molecule has 0 aliphatic carbocycles. The van der Waals surface area contributed by atoms with Gasteiger partial charge in [0.1, 0.15) is 0 Å². The van der Waals surface area contributed by atoms with E-state index in [9.17, 15) is 0 Å². The van der Waals surface area contributed by atoms with E-state index in [1.165, 1.54) is 16.5 Å². The van der Waals surface area contributed by atoms with Gasteiger partial charge in [0.2, 0.25) is 0 Å². The Balaban J connectivity index is 2.94. The van der Waals surface area contributed by atoms with Gasteiger partial charge in [0.05, 0.1) is 5.52 Å². The molecule has 2 rings (SSSR count). The molecule has 0 fully saturated rings. The van der Waals surface area contributed by atoms with Gasteiger partial charge in [0, 0.05) is 15.6 Å². The summed E-state index contributed by atoms with van der Waals surface area (Å²) in [5.74, 6) is 0. The number of fused-ring (bicyclic) bond motifs is 1. The Kier molecular flexibility index (Phi) is 2.31. The second-order valence-corrected chi connectivity index (χ2v) is 4.50. The molecule has 0 spiro atoms. The largest absolute Gasteiger partial charge is 0.252 e. The number of rotatable bonds is 0. The summed E-state index contributed by atoms with van der Waals surface area (Å²) >= 11 is 3.55. The molecule has 1 aromatic heterocycles. The lowest BCUT2D eigenvalue weighted by molar-refractivity contribution is 1.24. The van der Waals surface area contributed by atoms with Gasteiger partial charge in [-0.15, -0.1) is 0 Å². The van der Waals surface area contributed by atoms with E-state index in [4.69, 9.17) is 0 Å². The SMILES string of the molecule is Cc1ccc2c(C)c(C)cc(Br)c2n1. The van der Waals surface area contributed by atoms with E-state index < -0.39 is 0 Å². The lowest BCUT2D eigenvalue weighted by atomic mass is 10.0. The third kappa shape index (κ3) is 1.44. The normalized spacial score (nSPS) is 10.9. The smallest absolute Gasteiger partial charge is 0.0849 e. The summed E-state index contributed by atoms with van der Waals surface area (Å²) in [5, 5.41) is 1.24. The van der Waals surface area contributed by atoms with Gasteiger partial charge < -0.3 is 0 Å². The Bertz CT molecular complexity index is 503. The molecule has 0 unspecified atom stereocenters. The van der Waals surface area contributed by atoms with Crippen molar-refractivity contribution in [3.8, 4) is 0 Å². The van der Waals surface area contributed by atoms with E-state index >= 15 is 0 Å². The van der Waals surface area contributed by atoms with Crippen LogP contribution >= 0.6 is 15.9 Å². The van der Waals surface area contributed by atoms with Crippen molar-refractivity contribution >= 4 is 26.8 Å². The Morgan fingerprint density at radius 2 is 1.86 bits per heavy atom. The number of benzene rings is 1. The van der Waals surface area contributed by atoms with Gasteiger partial charge in [-0.05, 0) is 60.0 Å². The molecule has 1 heterocycles. The van der Waals surface area contributed by atoms with Crippen LogP contribution in [0.15, 0.2) is 22.7 Å². The van der Waals surface area contributed by atoms with Gasteiger partial charge >= 0.3 is 0 Å². The monoisotopic (exact) mass is 249 g/mol. The molecular weight excluding hydrogens is 238 g/mol. The number of hydrogen-bond donors (Lipinski definition) is 0. The highest BCUT2D eigenvalue weighted by atomic mass is 79.9. The Morgan fingerprint density at radius 3 is 2.57 bits per heavy atom. The number of aryl methyl sites for hydroxylation is 3. The minimum atomic E-state index is 1.06. The van der Waals surface area contributed by atoms with E-state index in [1.807, 2.05) is 6.92 Å². The van der Waals surface area contributed by atoms with Gasteiger partial charge in [-0.2, -0.15) is 0 Å². The highest BCUT2D eigenvalue weighted by Crippen LogP contribution is 2.27. The number of halogens is 1. The molecule has 0 amide bonds. The van der Waals surface area contributed by atoms with Gasteiger partial charge in [0.25, 0.3) is 0 Å². The third-order valence-electron chi connectivity index (χ3n) is 2.60. The molecule has 0 N–H and O–H groups in total. The predicted molar refractivity (Wildman–Crippen MR) is 63.7 cm³/mol. The second-order valence-electron chi connectivity index (χ2n) is 3.65. The molecule has 0 aliphatic rings. The molecule has 72 valence electrons. The number of pyridine rings is 1. The number of nitrogens with zero attached hydrogens (tertiary/aromatic N) is 1. The number of aromatic nitrogens is 1. The average Bonchev–Trinajstić information content (AvgIpc) is 2.14. The van der Waals surface area contributed by atoms with Crippen molar-refractivity contribution in [3.63, 3.8) is 0 Å². The van der Waals surface area contributed by atoms with Crippen LogP contribution in [0.2, 0.25) is 0 Å². The molecule has 0 radical (unpaired) electrons. The molecule has 0 bridgehead atoms. The minimum Gasteiger partial charge on any atom is -0.252 e. The van der Waals surface area contributed by atoms with Crippen LogP contribution in [0, 0.1) is 20.8 Å². The molecular formula is C12H12BrN. The zero-order valence-corrected chi connectivity index (χ0v) is 10.1. The molecule has 1 nitrogen and oxygen atoms in total. The summed E-state index contributed by atoms with van der Waals surface area (Å²) in [6.45, 7) is 6.28. The zero-order chi connectivity index (χ0) is 10.3. The fourth-order valence-electron chi connectivity index (χ4n) is 1.62. The lowest BCUT2D eigenvalue weighted by Gasteiger charge is -2.07. The summed E-state index contributed by atoms with van der Waals surface area (Å²) < 4.78 is 1.08. The summed E-state index contributed by atoms with van der Waals surface area (Å²) in [4.78, 5) is 4.53. The van der Waals surface area contributed by atoms with Crippen molar-refractivity contribution < 1.29 is 0 Å². The standard InChI is InChI=1S/C12H12BrN/c1-7-6-11(13)12-10(9(7)3)5-4-8(2)14-12/h4-6H,1-3H3.